The summed E-state index contributed by atoms with van der Waals surface area (Å²) in [6.07, 6.45) is 0. The van der Waals surface area contributed by atoms with E-state index in [9.17, 15) is 4.20 Å². The molecule has 2 aromatic rings. The first-order chi connectivity index (χ1) is 8.18. The third-order valence-electron chi connectivity index (χ3n) is 2.30. The van der Waals surface area contributed by atoms with E-state index in [4.69, 9.17) is 0 Å². The number of benzene rings is 2. The average Bonchev–Trinajstić information content (AvgIpc) is 2.39. The normalized spacial score (nSPS) is 14.2. The van der Waals surface area contributed by atoms with Crippen LogP contribution in [0.2, 0.25) is 0 Å². The molecule has 0 aliphatic carbocycles. The van der Waals surface area contributed by atoms with Crippen LogP contribution in [0.5, 0.6) is 0 Å². The predicted octanol–water partition coefficient (Wildman–Crippen LogP) is 3.12. The SMILES string of the molecule is FP(=[Se])([Se]Cc1ccccc1)c1ccccc1. The number of rotatable bonds is 4. The van der Waals surface area contributed by atoms with E-state index >= 15 is 0 Å². The molecular formula is C13H12FPSe2. The summed E-state index contributed by atoms with van der Waals surface area (Å²) in [5, 5.41) is 1.69. The number of hydrogen-bond acceptors (Lipinski definition) is 0. The zero-order chi connectivity index (χ0) is 12.1. The Morgan fingerprint density at radius 2 is 1.47 bits per heavy atom. The molecule has 0 spiro atoms. The summed E-state index contributed by atoms with van der Waals surface area (Å²) in [5.74, 6) is 0. The Morgan fingerprint density at radius 1 is 0.941 bits per heavy atom. The summed E-state index contributed by atoms with van der Waals surface area (Å²) in [6.45, 7) is 0. The van der Waals surface area contributed by atoms with Crippen LogP contribution < -0.4 is 5.30 Å². The van der Waals surface area contributed by atoms with Crippen molar-refractivity contribution in [1.29, 1.82) is 0 Å². The van der Waals surface area contributed by atoms with Gasteiger partial charge in [-0.25, -0.2) is 0 Å². The molecule has 1 atom stereocenters. The Hall–Kier alpha value is -0.161. The molecule has 0 nitrogen and oxygen atoms in total. The Labute approximate surface area is 115 Å². The van der Waals surface area contributed by atoms with Gasteiger partial charge >= 0.3 is 115 Å². The van der Waals surface area contributed by atoms with Gasteiger partial charge in [-0.2, -0.15) is 0 Å². The molecule has 0 radical (unpaired) electrons. The summed E-state index contributed by atoms with van der Waals surface area (Å²) < 4.78 is 12.1. The standard InChI is InChI=1S/C13H12FPSe2/c14-15(16,13-9-5-2-6-10-13)17-11-12-7-3-1-4-8-12/h1-10H,11H2. The van der Waals surface area contributed by atoms with E-state index in [-0.39, 0.29) is 14.5 Å². The minimum atomic E-state index is -2.52. The monoisotopic (exact) mass is 378 g/mol. The molecule has 0 aliphatic rings. The van der Waals surface area contributed by atoms with Crippen molar-refractivity contribution in [3.63, 3.8) is 0 Å². The van der Waals surface area contributed by atoms with Crippen LogP contribution >= 0.6 is 4.51 Å². The first-order valence-electron chi connectivity index (χ1n) is 5.22. The zero-order valence-electron chi connectivity index (χ0n) is 9.12. The first kappa shape index (κ1) is 13.3. The van der Waals surface area contributed by atoms with Gasteiger partial charge in [0, 0.05) is 0 Å². The molecule has 2 rings (SSSR count). The fourth-order valence-electron chi connectivity index (χ4n) is 1.41. The second-order valence-corrected chi connectivity index (χ2v) is 17.4. The molecule has 0 aromatic heterocycles. The van der Waals surface area contributed by atoms with Gasteiger partial charge < -0.3 is 0 Å². The zero-order valence-corrected chi connectivity index (χ0v) is 13.4. The second kappa shape index (κ2) is 6.14. The van der Waals surface area contributed by atoms with Crippen molar-refractivity contribution in [3.8, 4) is 0 Å². The third-order valence-corrected chi connectivity index (χ3v) is 13.4. The summed E-state index contributed by atoms with van der Waals surface area (Å²) in [5.41, 5.74) is 1.22. The Balaban J connectivity index is 2.06. The molecular weight excluding hydrogens is 364 g/mol. The van der Waals surface area contributed by atoms with Gasteiger partial charge in [-0.15, -0.1) is 0 Å². The van der Waals surface area contributed by atoms with Crippen LogP contribution in [0.4, 0.5) is 4.20 Å². The number of halogens is 1. The van der Waals surface area contributed by atoms with Gasteiger partial charge in [-0.3, -0.25) is 0 Å². The van der Waals surface area contributed by atoms with Crippen LogP contribution in [0.25, 0.3) is 0 Å². The van der Waals surface area contributed by atoms with Crippen molar-refractivity contribution in [1.82, 2.24) is 0 Å². The summed E-state index contributed by atoms with van der Waals surface area (Å²) in [4.78, 5) is 0. The van der Waals surface area contributed by atoms with E-state index in [1.165, 1.54) is 5.56 Å². The van der Waals surface area contributed by atoms with Crippen molar-refractivity contribution in [2.75, 3.05) is 0 Å². The van der Waals surface area contributed by atoms with Crippen molar-refractivity contribution >= 4 is 39.4 Å². The summed E-state index contributed by atoms with van der Waals surface area (Å²) in [7, 11) is 0. The van der Waals surface area contributed by atoms with Gasteiger partial charge in [0.1, 0.15) is 0 Å². The Bertz CT molecular complexity index is 513. The van der Waals surface area contributed by atoms with Crippen molar-refractivity contribution in [2.24, 2.45) is 0 Å². The van der Waals surface area contributed by atoms with E-state index < -0.39 is 4.51 Å². The van der Waals surface area contributed by atoms with E-state index in [1.807, 2.05) is 48.5 Å². The second-order valence-electron chi connectivity index (χ2n) is 3.57. The maximum atomic E-state index is 14.6. The quantitative estimate of drug-likeness (QED) is 0.569. The summed E-state index contributed by atoms with van der Waals surface area (Å²) >= 11 is 2.78. The molecule has 0 heterocycles. The molecule has 0 bridgehead atoms. The van der Waals surface area contributed by atoms with Crippen LogP contribution in [0.1, 0.15) is 5.56 Å². The van der Waals surface area contributed by atoms with Gasteiger partial charge in [-0.1, -0.05) is 0 Å². The van der Waals surface area contributed by atoms with Crippen LogP contribution in [0.3, 0.4) is 0 Å². The molecule has 0 fully saturated rings. The van der Waals surface area contributed by atoms with Crippen LogP contribution in [-0.4, -0.2) is 29.6 Å². The predicted molar refractivity (Wildman–Crippen MR) is 75.8 cm³/mol. The van der Waals surface area contributed by atoms with Crippen LogP contribution in [0, 0.1) is 0 Å². The topological polar surface area (TPSA) is 0 Å². The van der Waals surface area contributed by atoms with E-state index in [0.717, 1.165) is 10.6 Å². The van der Waals surface area contributed by atoms with Gasteiger partial charge in [0.2, 0.25) is 0 Å². The molecule has 0 amide bonds. The Kier molecular flexibility index (Phi) is 4.79. The van der Waals surface area contributed by atoms with Gasteiger partial charge in [-0.05, 0) is 0 Å². The van der Waals surface area contributed by atoms with E-state index in [0.29, 0.717) is 0 Å². The third kappa shape index (κ3) is 3.91. The molecule has 88 valence electrons. The fourth-order valence-corrected chi connectivity index (χ4v) is 8.99. The van der Waals surface area contributed by atoms with Crippen molar-refractivity contribution in [2.45, 2.75) is 5.32 Å². The molecule has 0 saturated heterocycles. The van der Waals surface area contributed by atoms with Crippen molar-refractivity contribution in [3.05, 3.63) is 66.2 Å². The molecule has 4 heteroatoms. The van der Waals surface area contributed by atoms with E-state index in [1.54, 1.807) is 0 Å². The molecule has 17 heavy (non-hydrogen) atoms. The molecule has 0 saturated carbocycles. The number of hydrogen-bond donors (Lipinski definition) is 0. The Morgan fingerprint density at radius 3 is 2.06 bits per heavy atom. The fraction of sp³-hybridized carbons (Fsp3) is 0.0769. The first-order valence-corrected chi connectivity index (χ1v) is 12.5. The average molecular weight is 376 g/mol. The van der Waals surface area contributed by atoms with Gasteiger partial charge in [0.15, 0.2) is 0 Å². The van der Waals surface area contributed by atoms with Crippen LogP contribution in [-0.2, 0) is 5.32 Å². The van der Waals surface area contributed by atoms with Crippen molar-refractivity contribution < 1.29 is 4.20 Å². The summed E-state index contributed by atoms with van der Waals surface area (Å²) in [6, 6.07) is 19.6. The molecule has 1 unspecified atom stereocenters. The van der Waals surface area contributed by atoms with Crippen LogP contribution in [0.15, 0.2) is 60.7 Å². The molecule has 2 aromatic carbocycles. The van der Waals surface area contributed by atoms with Gasteiger partial charge in [0.05, 0.1) is 0 Å². The maximum absolute atomic E-state index is 14.6. The molecule has 0 N–H and O–H groups in total. The minimum absolute atomic E-state index is 0.0320. The van der Waals surface area contributed by atoms with E-state index in [2.05, 4.69) is 27.2 Å². The molecule has 0 aliphatic heterocycles. The van der Waals surface area contributed by atoms with Gasteiger partial charge in [0.25, 0.3) is 0 Å².